The number of hydrogen-bond acceptors (Lipinski definition) is 6. The Labute approximate surface area is 207 Å². The Hall–Kier alpha value is -3.64. The van der Waals surface area contributed by atoms with Crippen LogP contribution in [0.2, 0.25) is 0 Å². The van der Waals surface area contributed by atoms with Crippen LogP contribution in [-0.2, 0) is 6.61 Å². The van der Waals surface area contributed by atoms with Crippen LogP contribution >= 0.6 is 0 Å². The van der Waals surface area contributed by atoms with Gasteiger partial charge < -0.3 is 20.5 Å². The van der Waals surface area contributed by atoms with E-state index in [2.05, 4.69) is 48.0 Å². The molecule has 0 spiro atoms. The molecule has 0 unspecified atom stereocenters. The number of rotatable bonds is 9. The van der Waals surface area contributed by atoms with E-state index >= 15 is 0 Å². The summed E-state index contributed by atoms with van der Waals surface area (Å²) in [6.07, 6.45) is 4.42. The van der Waals surface area contributed by atoms with Crippen molar-refractivity contribution in [2.45, 2.75) is 32.8 Å². The molecule has 0 amide bonds. The quantitative estimate of drug-likeness (QED) is 0.473. The van der Waals surface area contributed by atoms with E-state index < -0.39 is 0 Å². The second-order valence-electron chi connectivity index (χ2n) is 9.00. The summed E-state index contributed by atoms with van der Waals surface area (Å²) in [5.41, 5.74) is 12.5. The summed E-state index contributed by atoms with van der Waals surface area (Å²) in [4.78, 5) is 11.0. The average Bonchev–Trinajstić information content (AvgIpc) is 2.90. The molecule has 0 radical (unpaired) electrons. The Kier molecular flexibility index (Phi) is 8.16. The summed E-state index contributed by atoms with van der Waals surface area (Å²) in [5, 5.41) is 9.61. The summed E-state index contributed by atoms with van der Waals surface area (Å²) in [6.45, 7) is 7.05. The Morgan fingerprint density at radius 1 is 1.00 bits per heavy atom. The minimum atomic E-state index is 0.0619. The standard InChI is InChI=1S/C29H34N4O2/c1-21(2)23-6-4-22(5-7-23)20-35-26-10-8-24(9-11-26)27(28(30)25-12-15-31-16-13-25)29-32-14-3-17-33(29)18-19-34/h4-13,15-16,21,34H,3,14,17-20,30H2,1-2H3. The van der Waals surface area contributed by atoms with Crippen LogP contribution in [0.15, 0.2) is 78.0 Å². The second-order valence-corrected chi connectivity index (χ2v) is 9.00. The molecule has 6 heteroatoms. The molecule has 0 aliphatic carbocycles. The predicted molar refractivity (Wildman–Crippen MR) is 142 cm³/mol. The van der Waals surface area contributed by atoms with Crippen LogP contribution in [0.3, 0.4) is 0 Å². The fourth-order valence-corrected chi connectivity index (χ4v) is 4.19. The van der Waals surface area contributed by atoms with Gasteiger partial charge >= 0.3 is 0 Å². The van der Waals surface area contributed by atoms with Gasteiger partial charge in [0.15, 0.2) is 0 Å². The third-order valence-electron chi connectivity index (χ3n) is 6.20. The highest BCUT2D eigenvalue weighted by atomic mass is 16.5. The van der Waals surface area contributed by atoms with E-state index in [-0.39, 0.29) is 6.61 Å². The highest BCUT2D eigenvalue weighted by Gasteiger charge is 2.23. The number of nitrogens with two attached hydrogens (primary N) is 1. The minimum absolute atomic E-state index is 0.0619. The monoisotopic (exact) mass is 470 g/mol. The number of aromatic nitrogens is 1. The van der Waals surface area contributed by atoms with Gasteiger partial charge in [0.05, 0.1) is 12.3 Å². The fraction of sp³-hybridized carbons (Fsp3) is 0.310. The fourth-order valence-electron chi connectivity index (χ4n) is 4.19. The number of nitrogens with zero attached hydrogens (tertiary/aromatic N) is 3. The van der Waals surface area contributed by atoms with Crippen LogP contribution in [0.5, 0.6) is 5.75 Å². The highest BCUT2D eigenvalue weighted by molar-refractivity contribution is 6.29. The lowest BCUT2D eigenvalue weighted by Gasteiger charge is -2.31. The van der Waals surface area contributed by atoms with Gasteiger partial charge in [0, 0.05) is 43.2 Å². The van der Waals surface area contributed by atoms with Crippen LogP contribution in [-0.4, -0.2) is 47.1 Å². The Morgan fingerprint density at radius 2 is 1.71 bits per heavy atom. The summed E-state index contributed by atoms with van der Waals surface area (Å²) in [5.74, 6) is 2.13. The predicted octanol–water partition coefficient (Wildman–Crippen LogP) is 4.71. The lowest BCUT2D eigenvalue weighted by molar-refractivity contribution is 0.246. The first-order chi connectivity index (χ1) is 17.1. The number of ether oxygens (including phenoxy) is 1. The number of aliphatic hydroxyl groups is 1. The van der Waals surface area contributed by atoms with Gasteiger partial charge in [0.2, 0.25) is 0 Å². The van der Waals surface area contributed by atoms with Gasteiger partial charge in [-0.2, -0.15) is 0 Å². The molecule has 0 bridgehead atoms. The number of hydrogen-bond donors (Lipinski definition) is 2. The maximum atomic E-state index is 9.61. The van der Waals surface area contributed by atoms with Crippen molar-refractivity contribution in [3.63, 3.8) is 0 Å². The maximum Gasteiger partial charge on any atom is 0.133 e. The smallest absolute Gasteiger partial charge is 0.133 e. The van der Waals surface area contributed by atoms with Crippen molar-refractivity contribution in [3.8, 4) is 5.75 Å². The molecule has 0 atom stereocenters. The summed E-state index contributed by atoms with van der Waals surface area (Å²) in [7, 11) is 0. The number of benzene rings is 2. The SMILES string of the molecule is CC(C)c1ccc(COc2ccc(C(C3=NCCCN3CCO)=C(N)c3ccncc3)cc2)cc1. The zero-order valence-electron chi connectivity index (χ0n) is 20.5. The summed E-state index contributed by atoms with van der Waals surface area (Å²) >= 11 is 0. The van der Waals surface area contributed by atoms with Gasteiger partial charge in [-0.1, -0.05) is 50.2 Å². The molecule has 1 aromatic heterocycles. The minimum Gasteiger partial charge on any atom is -0.489 e. The molecule has 0 fully saturated rings. The lowest BCUT2D eigenvalue weighted by Crippen LogP contribution is -2.39. The molecule has 3 N–H and O–H groups in total. The first-order valence-corrected chi connectivity index (χ1v) is 12.2. The number of β-amino-alcohol motifs (C(OH)–C–C–N with tert-alkyl or cyclic N) is 1. The van der Waals surface area contributed by atoms with Gasteiger partial charge in [0.1, 0.15) is 18.2 Å². The molecule has 182 valence electrons. The van der Waals surface area contributed by atoms with Crippen molar-refractivity contribution in [3.05, 3.63) is 95.3 Å². The van der Waals surface area contributed by atoms with E-state index in [0.29, 0.717) is 24.8 Å². The normalized spacial score (nSPS) is 14.5. The molecule has 2 heterocycles. The number of amidine groups is 1. The number of pyridine rings is 1. The third-order valence-corrected chi connectivity index (χ3v) is 6.20. The van der Waals surface area contributed by atoms with Crippen molar-refractivity contribution in [1.29, 1.82) is 0 Å². The Bertz CT molecular complexity index is 1150. The van der Waals surface area contributed by atoms with Crippen molar-refractivity contribution in [1.82, 2.24) is 9.88 Å². The van der Waals surface area contributed by atoms with E-state index in [1.54, 1.807) is 12.4 Å². The molecule has 0 saturated heterocycles. The molecule has 35 heavy (non-hydrogen) atoms. The molecular weight excluding hydrogens is 436 g/mol. The summed E-state index contributed by atoms with van der Waals surface area (Å²) < 4.78 is 6.05. The summed E-state index contributed by atoms with van der Waals surface area (Å²) in [6, 6.07) is 20.4. The van der Waals surface area contributed by atoms with Gasteiger partial charge in [0.25, 0.3) is 0 Å². The van der Waals surface area contributed by atoms with Crippen molar-refractivity contribution in [2.24, 2.45) is 10.7 Å². The second kappa shape index (κ2) is 11.7. The molecule has 1 aliphatic heterocycles. The molecule has 1 aliphatic rings. The van der Waals surface area contributed by atoms with Gasteiger partial charge in [-0.3, -0.25) is 9.98 Å². The van der Waals surface area contributed by atoms with Gasteiger partial charge in [-0.25, -0.2) is 0 Å². The van der Waals surface area contributed by atoms with Gasteiger partial charge in [-0.05, 0) is 53.3 Å². The molecule has 6 nitrogen and oxygen atoms in total. The van der Waals surface area contributed by atoms with Crippen molar-refractivity contribution in [2.75, 3.05) is 26.2 Å². The molecular formula is C29H34N4O2. The van der Waals surface area contributed by atoms with Crippen molar-refractivity contribution >= 4 is 17.1 Å². The third kappa shape index (κ3) is 6.08. The highest BCUT2D eigenvalue weighted by Crippen LogP contribution is 2.29. The molecule has 2 aromatic carbocycles. The van der Waals surface area contributed by atoms with Crippen LogP contribution in [0.1, 0.15) is 48.4 Å². The van der Waals surface area contributed by atoms with E-state index in [0.717, 1.165) is 53.4 Å². The van der Waals surface area contributed by atoms with Crippen molar-refractivity contribution < 1.29 is 9.84 Å². The topological polar surface area (TPSA) is 84.0 Å². The average molecular weight is 471 g/mol. The van der Waals surface area contributed by atoms with Gasteiger partial charge in [-0.15, -0.1) is 0 Å². The van der Waals surface area contributed by atoms with Crippen LogP contribution in [0, 0.1) is 0 Å². The largest absolute Gasteiger partial charge is 0.489 e. The zero-order valence-corrected chi connectivity index (χ0v) is 20.5. The number of aliphatic imine (C=N–C) groups is 1. The van der Waals surface area contributed by atoms with Crippen LogP contribution < -0.4 is 10.5 Å². The molecule has 0 saturated carbocycles. The van der Waals surface area contributed by atoms with E-state index in [1.165, 1.54) is 5.56 Å². The first-order valence-electron chi connectivity index (χ1n) is 12.2. The lowest BCUT2D eigenvalue weighted by atomic mass is 9.97. The molecule has 3 aromatic rings. The van der Waals surface area contributed by atoms with Crippen LogP contribution in [0.25, 0.3) is 11.3 Å². The Balaban J connectivity index is 1.60. The zero-order chi connectivity index (χ0) is 24.6. The Morgan fingerprint density at radius 3 is 2.37 bits per heavy atom. The van der Waals surface area contributed by atoms with E-state index in [1.807, 2.05) is 36.4 Å². The van der Waals surface area contributed by atoms with Crippen LogP contribution in [0.4, 0.5) is 0 Å². The maximum absolute atomic E-state index is 9.61. The number of aliphatic hydroxyl groups excluding tert-OH is 1. The van der Waals surface area contributed by atoms with E-state index in [9.17, 15) is 5.11 Å². The first kappa shape index (κ1) is 24.5. The van der Waals surface area contributed by atoms with E-state index in [4.69, 9.17) is 15.5 Å². The molecule has 4 rings (SSSR count).